The Bertz CT molecular complexity index is 311. The Morgan fingerprint density at radius 2 is 2.05 bits per heavy atom. The molecule has 0 spiro atoms. The van der Waals surface area contributed by atoms with E-state index in [0.29, 0.717) is 5.96 Å². The predicted octanol–water partition coefficient (Wildman–Crippen LogP) is 0.872. The summed E-state index contributed by atoms with van der Waals surface area (Å²) >= 11 is 6.10. The van der Waals surface area contributed by atoms with Gasteiger partial charge < -0.3 is 15.7 Å². The van der Waals surface area contributed by atoms with Crippen LogP contribution in [0.5, 0.6) is 0 Å². The van der Waals surface area contributed by atoms with Gasteiger partial charge in [0.05, 0.1) is 6.61 Å². The Labute approximate surface area is 126 Å². The van der Waals surface area contributed by atoms with Crippen molar-refractivity contribution in [1.82, 2.24) is 21.3 Å². The van der Waals surface area contributed by atoms with Gasteiger partial charge in [0.25, 0.3) is 0 Å². The van der Waals surface area contributed by atoms with E-state index in [4.69, 9.17) is 11.6 Å². The second-order valence-electron chi connectivity index (χ2n) is 5.73. The zero-order valence-corrected chi connectivity index (χ0v) is 13.4. The summed E-state index contributed by atoms with van der Waals surface area (Å²) in [5.41, 5.74) is -0.789. The number of hydrogen-bond acceptors (Lipinski definition) is 4. The molecule has 1 heterocycles. The smallest absolute Gasteiger partial charge is 0.195 e. The Balaban J connectivity index is 2.42. The maximum atomic E-state index is 9.28. The molecule has 0 aliphatic carbocycles. The molecule has 5 N–H and O–H groups in total. The van der Waals surface area contributed by atoms with Gasteiger partial charge in [0, 0.05) is 12.1 Å². The maximum absolute atomic E-state index is 9.28. The van der Waals surface area contributed by atoms with Crippen molar-refractivity contribution in [2.45, 2.75) is 63.9 Å². The lowest BCUT2D eigenvalue weighted by Crippen LogP contribution is -2.71. The molecule has 1 rings (SSSR count). The molecule has 7 heteroatoms. The number of aliphatic imine (C=N–C) groups is 1. The maximum Gasteiger partial charge on any atom is 0.195 e. The first kappa shape index (κ1) is 17.5. The zero-order valence-electron chi connectivity index (χ0n) is 12.7. The highest BCUT2D eigenvalue weighted by Gasteiger charge is 2.27. The number of aliphatic hydroxyl groups is 1. The predicted molar refractivity (Wildman–Crippen MR) is 83.6 cm³/mol. The van der Waals surface area contributed by atoms with Crippen LogP contribution in [0, 0.1) is 0 Å². The van der Waals surface area contributed by atoms with Crippen LogP contribution in [0.15, 0.2) is 4.99 Å². The van der Waals surface area contributed by atoms with Crippen LogP contribution in [0.25, 0.3) is 0 Å². The fourth-order valence-corrected chi connectivity index (χ4v) is 2.09. The van der Waals surface area contributed by atoms with Gasteiger partial charge in [-0.3, -0.25) is 15.6 Å². The Hall–Kier alpha value is -0.560. The van der Waals surface area contributed by atoms with E-state index in [1.54, 1.807) is 0 Å². The summed E-state index contributed by atoms with van der Waals surface area (Å²) in [5, 5.41) is 21.8. The average Bonchev–Trinajstić information content (AvgIpc) is 2.37. The molecule has 2 unspecified atom stereocenters. The van der Waals surface area contributed by atoms with E-state index in [1.807, 2.05) is 13.8 Å². The summed E-state index contributed by atoms with van der Waals surface area (Å²) in [4.78, 5) is 4.48. The third-order valence-corrected chi connectivity index (χ3v) is 3.30. The van der Waals surface area contributed by atoms with E-state index in [2.05, 4.69) is 33.2 Å². The molecule has 0 aromatic carbocycles. The molecule has 0 radical (unpaired) electrons. The van der Waals surface area contributed by atoms with Crippen LogP contribution >= 0.6 is 11.6 Å². The zero-order chi connectivity index (χ0) is 15.0. The fraction of sp³-hybridized carbons (Fsp3) is 0.923. The SMILES string of the molecule is CCCCCCN=C1NC(Cl)NC(NC(C)(C)CO)N1. The van der Waals surface area contributed by atoms with Gasteiger partial charge in [-0.15, -0.1) is 0 Å². The Morgan fingerprint density at radius 3 is 2.70 bits per heavy atom. The van der Waals surface area contributed by atoms with Crippen LogP contribution in [0.3, 0.4) is 0 Å². The highest BCUT2D eigenvalue weighted by molar-refractivity contribution is 6.21. The van der Waals surface area contributed by atoms with Gasteiger partial charge in [0.15, 0.2) is 11.6 Å². The molecule has 20 heavy (non-hydrogen) atoms. The van der Waals surface area contributed by atoms with Crippen molar-refractivity contribution in [3.63, 3.8) is 0 Å². The molecule has 0 saturated carbocycles. The summed E-state index contributed by atoms with van der Waals surface area (Å²) in [6, 6.07) is 0. The van der Waals surface area contributed by atoms with Crippen molar-refractivity contribution in [3.8, 4) is 0 Å². The largest absolute Gasteiger partial charge is 0.394 e. The molecule has 0 bridgehead atoms. The number of nitrogens with one attached hydrogen (secondary N) is 4. The highest BCUT2D eigenvalue weighted by atomic mass is 35.5. The molecule has 0 aromatic rings. The molecule has 1 aliphatic heterocycles. The minimum Gasteiger partial charge on any atom is -0.394 e. The molecule has 1 aliphatic rings. The summed E-state index contributed by atoms with van der Waals surface area (Å²) in [6.07, 6.45) is 4.54. The van der Waals surface area contributed by atoms with Crippen LogP contribution in [-0.2, 0) is 0 Å². The van der Waals surface area contributed by atoms with E-state index in [0.717, 1.165) is 13.0 Å². The van der Waals surface area contributed by atoms with Gasteiger partial charge in [0.1, 0.15) is 6.29 Å². The second-order valence-corrected chi connectivity index (χ2v) is 6.16. The molecule has 1 saturated heterocycles. The Morgan fingerprint density at radius 1 is 1.30 bits per heavy atom. The second kappa shape index (κ2) is 8.67. The summed E-state index contributed by atoms with van der Waals surface area (Å²) < 4.78 is 0. The van der Waals surface area contributed by atoms with Crippen LogP contribution in [0.4, 0.5) is 0 Å². The molecule has 6 nitrogen and oxygen atoms in total. The number of rotatable bonds is 8. The van der Waals surface area contributed by atoms with E-state index >= 15 is 0 Å². The summed E-state index contributed by atoms with van der Waals surface area (Å²) in [5.74, 6) is 0.687. The van der Waals surface area contributed by atoms with Gasteiger partial charge in [-0.25, -0.2) is 0 Å². The molecule has 0 aromatic heterocycles. The molecule has 0 amide bonds. The summed E-state index contributed by atoms with van der Waals surface area (Å²) in [6.45, 7) is 6.86. The number of guanidine groups is 1. The molecular weight excluding hydrogens is 278 g/mol. The topological polar surface area (TPSA) is 80.7 Å². The molecule has 1 fully saturated rings. The van der Waals surface area contributed by atoms with Gasteiger partial charge in [0.2, 0.25) is 0 Å². The number of hydrogen-bond donors (Lipinski definition) is 5. The van der Waals surface area contributed by atoms with Crippen molar-refractivity contribution in [2.75, 3.05) is 13.2 Å². The van der Waals surface area contributed by atoms with E-state index in [1.165, 1.54) is 19.3 Å². The third-order valence-electron chi connectivity index (χ3n) is 3.07. The van der Waals surface area contributed by atoms with Crippen molar-refractivity contribution in [3.05, 3.63) is 0 Å². The normalized spacial score (nSPS) is 25.4. The van der Waals surface area contributed by atoms with Crippen LogP contribution in [0.2, 0.25) is 0 Å². The van der Waals surface area contributed by atoms with Crippen LogP contribution < -0.4 is 21.3 Å². The van der Waals surface area contributed by atoms with E-state index in [-0.39, 0.29) is 12.9 Å². The van der Waals surface area contributed by atoms with Crippen LogP contribution in [0.1, 0.15) is 46.5 Å². The van der Waals surface area contributed by atoms with Gasteiger partial charge in [-0.05, 0) is 20.3 Å². The quantitative estimate of drug-likeness (QED) is 0.261. The van der Waals surface area contributed by atoms with Crippen LogP contribution in [-0.4, -0.2) is 41.7 Å². The van der Waals surface area contributed by atoms with Gasteiger partial charge in [-0.2, -0.15) is 0 Å². The number of alkyl halides is 1. The monoisotopic (exact) mass is 305 g/mol. The number of nitrogens with zero attached hydrogens (tertiary/aromatic N) is 1. The van der Waals surface area contributed by atoms with Gasteiger partial charge >= 0.3 is 0 Å². The minimum atomic E-state index is -0.398. The molecule has 2 atom stereocenters. The van der Waals surface area contributed by atoms with Gasteiger partial charge in [-0.1, -0.05) is 37.8 Å². The van der Waals surface area contributed by atoms with Crippen molar-refractivity contribution in [2.24, 2.45) is 4.99 Å². The number of halogens is 1. The Kier molecular flexibility index (Phi) is 7.58. The lowest BCUT2D eigenvalue weighted by molar-refractivity contribution is 0.157. The first-order valence-corrected chi connectivity index (χ1v) is 7.76. The first-order valence-electron chi connectivity index (χ1n) is 7.33. The minimum absolute atomic E-state index is 0.0384. The highest BCUT2D eigenvalue weighted by Crippen LogP contribution is 2.03. The first-order chi connectivity index (χ1) is 9.46. The van der Waals surface area contributed by atoms with Crippen molar-refractivity contribution in [1.29, 1.82) is 0 Å². The standard InChI is InChI=1S/C13H28ClN5O/c1-4-5-6-7-8-15-11-16-10(14)17-12(18-11)19-13(2,3)9-20/h10,12,17,19-20H,4-9H2,1-3H3,(H2,15,16,18). The number of aliphatic hydroxyl groups excluding tert-OH is 1. The van der Waals surface area contributed by atoms with E-state index < -0.39 is 11.2 Å². The third kappa shape index (κ3) is 6.74. The van der Waals surface area contributed by atoms with E-state index in [9.17, 15) is 5.11 Å². The summed E-state index contributed by atoms with van der Waals surface area (Å²) in [7, 11) is 0. The molecule has 118 valence electrons. The lowest BCUT2D eigenvalue weighted by atomic mass is 10.1. The number of unbranched alkanes of at least 4 members (excludes halogenated alkanes) is 3. The molecular formula is C13H28ClN5O. The van der Waals surface area contributed by atoms with Crippen molar-refractivity contribution < 1.29 is 5.11 Å². The van der Waals surface area contributed by atoms with Crippen molar-refractivity contribution >= 4 is 17.6 Å². The lowest BCUT2D eigenvalue weighted by Gasteiger charge is -2.37. The fourth-order valence-electron chi connectivity index (χ4n) is 1.86. The average molecular weight is 306 g/mol.